The summed E-state index contributed by atoms with van der Waals surface area (Å²) in [6, 6.07) is 10.6. The summed E-state index contributed by atoms with van der Waals surface area (Å²) in [6.07, 6.45) is 6.96. The predicted octanol–water partition coefficient (Wildman–Crippen LogP) is 3.99. The molecule has 0 saturated carbocycles. The summed E-state index contributed by atoms with van der Waals surface area (Å²) in [6.45, 7) is 2.19. The molecule has 1 nitrogen and oxygen atoms in total. The van der Waals surface area contributed by atoms with Gasteiger partial charge in [-0.1, -0.05) is 43.7 Å². The van der Waals surface area contributed by atoms with Crippen LogP contribution in [0.25, 0.3) is 0 Å². The fourth-order valence-corrected chi connectivity index (χ4v) is 1.74. The van der Waals surface area contributed by atoms with Crippen molar-refractivity contribution in [2.24, 2.45) is 0 Å². The van der Waals surface area contributed by atoms with E-state index in [9.17, 15) is 0 Å². The first-order chi connectivity index (χ1) is 7.36. The molecule has 0 spiro atoms. The Kier molecular flexibility index (Phi) is 6.10. The number of aryl methyl sites for hydroxylation is 1. The number of benzene rings is 1. The molecule has 1 rings (SSSR count). The minimum atomic E-state index is 1.10. The number of hydrogen-bond acceptors (Lipinski definition) is 1. The zero-order chi connectivity index (χ0) is 10.9. The Balaban J connectivity index is 2.20. The third kappa shape index (κ3) is 4.98. The standard InChI is InChI=1S/C14H21O/c1-3-8-14(15-2)12-7-11-13-9-5-4-6-10-13/h4-6,9-10H,3,7-8,11-12H2,1-2H3. The van der Waals surface area contributed by atoms with Crippen LogP contribution in [0.2, 0.25) is 0 Å². The van der Waals surface area contributed by atoms with Crippen molar-refractivity contribution in [3.05, 3.63) is 42.0 Å². The Morgan fingerprint density at radius 3 is 2.47 bits per heavy atom. The lowest BCUT2D eigenvalue weighted by molar-refractivity contribution is 0.181. The molecule has 0 aromatic heterocycles. The molecule has 0 aliphatic heterocycles. The van der Waals surface area contributed by atoms with Crippen LogP contribution in [0.3, 0.4) is 0 Å². The van der Waals surface area contributed by atoms with E-state index in [1.807, 2.05) is 0 Å². The van der Waals surface area contributed by atoms with Gasteiger partial charge in [0.25, 0.3) is 0 Å². The fourth-order valence-electron chi connectivity index (χ4n) is 1.74. The second-order valence-electron chi connectivity index (χ2n) is 3.83. The Morgan fingerprint density at radius 1 is 1.13 bits per heavy atom. The first-order valence-corrected chi connectivity index (χ1v) is 5.79. The molecular formula is C14H21O. The van der Waals surface area contributed by atoms with Gasteiger partial charge in [0.1, 0.15) is 0 Å². The Bertz CT molecular complexity index is 243. The van der Waals surface area contributed by atoms with Gasteiger partial charge in [-0.25, -0.2) is 0 Å². The van der Waals surface area contributed by atoms with Crippen molar-refractivity contribution in [2.75, 3.05) is 7.11 Å². The fraction of sp³-hybridized carbons (Fsp3) is 0.500. The SMILES string of the molecule is CCC[C](CCCc1ccccc1)OC. The van der Waals surface area contributed by atoms with Gasteiger partial charge in [-0.3, -0.25) is 0 Å². The zero-order valence-corrected chi connectivity index (χ0v) is 9.83. The number of hydrogen-bond donors (Lipinski definition) is 0. The summed E-state index contributed by atoms with van der Waals surface area (Å²) in [5.41, 5.74) is 1.42. The minimum Gasteiger partial charge on any atom is -0.375 e. The van der Waals surface area contributed by atoms with E-state index in [-0.39, 0.29) is 0 Å². The lowest BCUT2D eigenvalue weighted by atomic mass is 10.0. The molecule has 0 atom stereocenters. The van der Waals surface area contributed by atoms with E-state index in [2.05, 4.69) is 37.3 Å². The molecule has 1 aromatic rings. The molecule has 1 radical (unpaired) electrons. The first kappa shape index (κ1) is 12.3. The van der Waals surface area contributed by atoms with Crippen molar-refractivity contribution in [1.29, 1.82) is 0 Å². The molecule has 0 aliphatic carbocycles. The highest BCUT2D eigenvalue weighted by Crippen LogP contribution is 2.18. The van der Waals surface area contributed by atoms with Crippen LogP contribution in [-0.2, 0) is 11.2 Å². The molecule has 0 bridgehead atoms. The van der Waals surface area contributed by atoms with Crippen molar-refractivity contribution in [2.45, 2.75) is 39.0 Å². The van der Waals surface area contributed by atoms with Crippen LogP contribution in [-0.4, -0.2) is 7.11 Å². The molecule has 0 N–H and O–H groups in total. The molecular weight excluding hydrogens is 184 g/mol. The predicted molar refractivity (Wildman–Crippen MR) is 64.5 cm³/mol. The monoisotopic (exact) mass is 205 g/mol. The largest absolute Gasteiger partial charge is 0.375 e. The number of ether oxygens (including phenoxy) is 1. The highest BCUT2D eigenvalue weighted by atomic mass is 16.5. The maximum atomic E-state index is 5.35. The van der Waals surface area contributed by atoms with Gasteiger partial charge in [-0.15, -0.1) is 0 Å². The quantitative estimate of drug-likeness (QED) is 0.654. The van der Waals surface area contributed by atoms with Crippen molar-refractivity contribution in [3.63, 3.8) is 0 Å². The number of rotatable bonds is 7. The smallest absolute Gasteiger partial charge is 0.0966 e. The van der Waals surface area contributed by atoms with E-state index in [1.54, 1.807) is 7.11 Å². The van der Waals surface area contributed by atoms with Crippen molar-refractivity contribution in [3.8, 4) is 0 Å². The molecule has 1 heteroatoms. The highest BCUT2D eigenvalue weighted by Gasteiger charge is 2.06. The van der Waals surface area contributed by atoms with E-state index in [0.29, 0.717) is 0 Å². The lowest BCUT2D eigenvalue weighted by Crippen LogP contribution is -2.00. The zero-order valence-electron chi connectivity index (χ0n) is 9.83. The van der Waals surface area contributed by atoms with Gasteiger partial charge in [0.15, 0.2) is 0 Å². The molecule has 0 fully saturated rings. The Labute approximate surface area is 93.5 Å². The van der Waals surface area contributed by atoms with Crippen molar-refractivity contribution < 1.29 is 4.74 Å². The first-order valence-electron chi connectivity index (χ1n) is 5.79. The van der Waals surface area contributed by atoms with E-state index >= 15 is 0 Å². The summed E-state index contributed by atoms with van der Waals surface area (Å²) in [7, 11) is 1.79. The molecule has 15 heavy (non-hydrogen) atoms. The van der Waals surface area contributed by atoms with Gasteiger partial charge in [0, 0.05) is 7.11 Å². The van der Waals surface area contributed by atoms with Crippen LogP contribution in [0.5, 0.6) is 0 Å². The van der Waals surface area contributed by atoms with Gasteiger partial charge < -0.3 is 4.74 Å². The molecule has 0 aliphatic rings. The molecule has 83 valence electrons. The van der Waals surface area contributed by atoms with Crippen LogP contribution in [0.15, 0.2) is 30.3 Å². The Hall–Kier alpha value is -0.820. The van der Waals surface area contributed by atoms with E-state index < -0.39 is 0 Å². The maximum Gasteiger partial charge on any atom is 0.0966 e. The summed E-state index contributed by atoms with van der Waals surface area (Å²) >= 11 is 0. The molecule has 0 heterocycles. The van der Waals surface area contributed by atoms with Gasteiger partial charge in [0.2, 0.25) is 0 Å². The number of methoxy groups -OCH3 is 1. The summed E-state index contributed by atoms with van der Waals surface area (Å²) in [4.78, 5) is 0. The second-order valence-corrected chi connectivity index (χ2v) is 3.83. The lowest BCUT2D eigenvalue weighted by Gasteiger charge is -2.12. The van der Waals surface area contributed by atoms with Crippen LogP contribution in [0, 0.1) is 6.10 Å². The van der Waals surface area contributed by atoms with Crippen LogP contribution < -0.4 is 0 Å². The Morgan fingerprint density at radius 2 is 1.87 bits per heavy atom. The third-order valence-electron chi connectivity index (χ3n) is 2.58. The molecule has 1 aromatic carbocycles. The molecule has 0 saturated heterocycles. The average Bonchev–Trinajstić information content (AvgIpc) is 2.29. The normalized spacial score (nSPS) is 10.9. The van der Waals surface area contributed by atoms with Crippen LogP contribution in [0.4, 0.5) is 0 Å². The van der Waals surface area contributed by atoms with Crippen molar-refractivity contribution in [1.82, 2.24) is 0 Å². The van der Waals surface area contributed by atoms with Gasteiger partial charge in [-0.05, 0) is 31.2 Å². The third-order valence-corrected chi connectivity index (χ3v) is 2.58. The average molecular weight is 205 g/mol. The van der Waals surface area contributed by atoms with Gasteiger partial charge >= 0.3 is 0 Å². The van der Waals surface area contributed by atoms with Gasteiger partial charge in [-0.2, -0.15) is 0 Å². The maximum absolute atomic E-state index is 5.35. The van der Waals surface area contributed by atoms with Crippen LogP contribution >= 0.6 is 0 Å². The van der Waals surface area contributed by atoms with E-state index in [4.69, 9.17) is 4.74 Å². The summed E-state index contributed by atoms with van der Waals surface area (Å²) < 4.78 is 5.35. The summed E-state index contributed by atoms with van der Waals surface area (Å²) in [5, 5.41) is 0. The van der Waals surface area contributed by atoms with Crippen LogP contribution in [0.1, 0.15) is 38.2 Å². The highest BCUT2D eigenvalue weighted by molar-refractivity contribution is 5.14. The minimum absolute atomic E-state index is 1.10. The second kappa shape index (κ2) is 7.47. The molecule has 0 amide bonds. The van der Waals surface area contributed by atoms with Gasteiger partial charge in [0.05, 0.1) is 6.10 Å². The van der Waals surface area contributed by atoms with E-state index in [1.165, 1.54) is 24.5 Å². The molecule has 0 unspecified atom stereocenters. The van der Waals surface area contributed by atoms with Crippen molar-refractivity contribution >= 4 is 0 Å². The summed E-state index contributed by atoms with van der Waals surface area (Å²) in [5.74, 6) is 0. The topological polar surface area (TPSA) is 9.23 Å². The van der Waals surface area contributed by atoms with E-state index in [0.717, 1.165) is 19.3 Å².